The molecule has 1 unspecified atom stereocenters. The minimum atomic E-state index is -0.259. The molecule has 0 fully saturated rings. The lowest BCUT2D eigenvalue weighted by molar-refractivity contribution is 0.537. The van der Waals surface area contributed by atoms with Crippen LogP contribution in [0.2, 0.25) is 5.02 Å². The Balaban J connectivity index is 2.42. The van der Waals surface area contributed by atoms with E-state index in [4.69, 9.17) is 11.6 Å². The predicted octanol–water partition coefficient (Wildman–Crippen LogP) is 2.98. The van der Waals surface area contributed by atoms with Crippen molar-refractivity contribution < 1.29 is 0 Å². The summed E-state index contributed by atoms with van der Waals surface area (Å²) in [5.74, 6) is 0. The first-order valence-corrected chi connectivity index (χ1v) is 5.00. The van der Waals surface area contributed by atoms with Crippen LogP contribution in [-0.4, -0.2) is 11.2 Å². The van der Waals surface area contributed by atoms with Crippen molar-refractivity contribution in [3.8, 4) is 0 Å². The van der Waals surface area contributed by atoms with Crippen molar-refractivity contribution in [3.05, 3.63) is 41.2 Å². The molecule has 0 aromatic carbocycles. The molecule has 2 nitrogen and oxygen atoms in total. The summed E-state index contributed by atoms with van der Waals surface area (Å²) < 4.78 is 0. The van der Waals surface area contributed by atoms with Crippen LogP contribution in [0, 0.1) is 0 Å². The number of allylic oxidation sites excluding steroid dienone is 1. The largest absolute Gasteiger partial charge is 0.276 e. The van der Waals surface area contributed by atoms with Gasteiger partial charge in [-0.15, -0.1) is 0 Å². The smallest absolute Gasteiger partial charge is 0.121 e. The molecule has 1 aliphatic heterocycles. The minimum Gasteiger partial charge on any atom is -0.276 e. The molecule has 3 heteroatoms. The Morgan fingerprint density at radius 1 is 1.43 bits per heavy atom. The maximum absolute atomic E-state index is 5.79. The minimum absolute atomic E-state index is 0.259. The molecule has 1 aliphatic rings. The third-order valence-electron chi connectivity index (χ3n) is 2.47. The van der Waals surface area contributed by atoms with Crippen LogP contribution in [0.3, 0.4) is 0 Å². The molecular weight excluding hydrogens is 196 g/mol. The lowest BCUT2D eigenvalue weighted by Crippen LogP contribution is -2.19. The van der Waals surface area contributed by atoms with E-state index in [0.717, 1.165) is 12.1 Å². The van der Waals surface area contributed by atoms with Crippen molar-refractivity contribution in [1.82, 2.24) is 4.98 Å². The van der Waals surface area contributed by atoms with Crippen molar-refractivity contribution in [3.63, 3.8) is 0 Å². The van der Waals surface area contributed by atoms with E-state index in [9.17, 15) is 0 Å². The van der Waals surface area contributed by atoms with Crippen LogP contribution >= 0.6 is 11.6 Å². The second-order valence-corrected chi connectivity index (χ2v) is 3.71. The fourth-order valence-electron chi connectivity index (χ4n) is 1.59. The molecular formula is C11H11ClN2. The second-order valence-electron chi connectivity index (χ2n) is 3.28. The van der Waals surface area contributed by atoms with Gasteiger partial charge in [0.15, 0.2) is 0 Å². The highest BCUT2D eigenvalue weighted by Crippen LogP contribution is 2.32. The van der Waals surface area contributed by atoms with Gasteiger partial charge in [0, 0.05) is 12.4 Å². The number of aromatic nitrogens is 1. The first-order chi connectivity index (χ1) is 6.77. The molecule has 0 saturated heterocycles. The summed E-state index contributed by atoms with van der Waals surface area (Å²) in [7, 11) is 0. The first-order valence-electron chi connectivity index (χ1n) is 4.62. The van der Waals surface area contributed by atoms with Gasteiger partial charge >= 0.3 is 0 Å². The number of hydrogen-bond acceptors (Lipinski definition) is 2. The van der Waals surface area contributed by atoms with Gasteiger partial charge in [-0.3, -0.25) is 9.98 Å². The molecule has 2 rings (SSSR count). The standard InChI is InChI=1S/C11H11ClN2/c1-2-11(6-3-7-14-11)10-5-4-9(12)8-13-10/h3-8H,2H2,1H3. The Kier molecular flexibility index (Phi) is 2.38. The zero-order valence-electron chi connectivity index (χ0n) is 7.94. The van der Waals surface area contributed by atoms with Crippen LogP contribution in [0.1, 0.15) is 19.0 Å². The molecule has 0 N–H and O–H groups in total. The van der Waals surface area contributed by atoms with Crippen LogP contribution in [0.5, 0.6) is 0 Å². The van der Waals surface area contributed by atoms with Gasteiger partial charge in [-0.1, -0.05) is 18.5 Å². The third kappa shape index (κ3) is 1.46. The molecule has 72 valence electrons. The lowest BCUT2D eigenvalue weighted by Gasteiger charge is -2.21. The van der Waals surface area contributed by atoms with Gasteiger partial charge in [-0.05, 0) is 30.7 Å². The molecule has 0 saturated carbocycles. The van der Waals surface area contributed by atoms with Crippen LogP contribution in [0.4, 0.5) is 0 Å². The molecule has 0 amide bonds. The number of hydrogen-bond donors (Lipinski definition) is 0. The summed E-state index contributed by atoms with van der Waals surface area (Å²) in [6, 6.07) is 3.78. The van der Waals surface area contributed by atoms with Crippen molar-refractivity contribution in [2.75, 3.05) is 0 Å². The fraction of sp³-hybridized carbons (Fsp3) is 0.273. The van der Waals surface area contributed by atoms with Gasteiger partial charge in [-0.2, -0.15) is 0 Å². The van der Waals surface area contributed by atoms with E-state index < -0.39 is 0 Å². The van der Waals surface area contributed by atoms with Crippen molar-refractivity contribution >= 4 is 17.8 Å². The Bertz CT molecular complexity index is 367. The summed E-state index contributed by atoms with van der Waals surface area (Å²) >= 11 is 5.79. The highest BCUT2D eigenvalue weighted by atomic mass is 35.5. The summed E-state index contributed by atoms with van der Waals surface area (Å²) in [5, 5.41) is 0.658. The number of halogens is 1. The average molecular weight is 207 g/mol. The molecule has 1 atom stereocenters. The highest BCUT2D eigenvalue weighted by Gasteiger charge is 2.29. The third-order valence-corrected chi connectivity index (χ3v) is 2.70. The number of rotatable bonds is 2. The van der Waals surface area contributed by atoms with Crippen LogP contribution in [0.25, 0.3) is 0 Å². The van der Waals surface area contributed by atoms with E-state index in [1.165, 1.54) is 0 Å². The fourth-order valence-corrected chi connectivity index (χ4v) is 1.71. The maximum atomic E-state index is 5.79. The molecule has 0 spiro atoms. The lowest BCUT2D eigenvalue weighted by atomic mass is 9.93. The van der Waals surface area contributed by atoms with E-state index >= 15 is 0 Å². The summed E-state index contributed by atoms with van der Waals surface area (Å²) in [4.78, 5) is 8.75. The van der Waals surface area contributed by atoms with Gasteiger partial charge in [0.1, 0.15) is 5.54 Å². The van der Waals surface area contributed by atoms with Gasteiger partial charge in [0.25, 0.3) is 0 Å². The van der Waals surface area contributed by atoms with Crippen molar-refractivity contribution in [1.29, 1.82) is 0 Å². The van der Waals surface area contributed by atoms with E-state index in [-0.39, 0.29) is 5.54 Å². The maximum Gasteiger partial charge on any atom is 0.121 e. The molecule has 0 bridgehead atoms. The van der Waals surface area contributed by atoms with Gasteiger partial charge < -0.3 is 0 Å². The average Bonchev–Trinajstić information content (AvgIpc) is 2.68. The van der Waals surface area contributed by atoms with Crippen LogP contribution in [-0.2, 0) is 5.54 Å². The van der Waals surface area contributed by atoms with Crippen LogP contribution < -0.4 is 0 Å². The Labute approximate surface area is 88.3 Å². The van der Waals surface area contributed by atoms with E-state index in [0.29, 0.717) is 5.02 Å². The van der Waals surface area contributed by atoms with E-state index in [1.54, 1.807) is 6.20 Å². The number of nitrogens with zero attached hydrogens (tertiary/aromatic N) is 2. The monoisotopic (exact) mass is 206 g/mol. The highest BCUT2D eigenvalue weighted by molar-refractivity contribution is 6.30. The second kappa shape index (κ2) is 3.54. The SMILES string of the molecule is CCC1(c2ccc(Cl)cn2)C=CC=N1. The summed E-state index contributed by atoms with van der Waals surface area (Å²) in [6.45, 7) is 2.10. The Morgan fingerprint density at radius 2 is 2.29 bits per heavy atom. The van der Waals surface area contributed by atoms with Gasteiger partial charge in [0.05, 0.1) is 10.7 Å². The Morgan fingerprint density at radius 3 is 2.79 bits per heavy atom. The topological polar surface area (TPSA) is 25.2 Å². The molecule has 1 aromatic rings. The molecule has 14 heavy (non-hydrogen) atoms. The Hall–Kier alpha value is -1.15. The summed E-state index contributed by atoms with van der Waals surface area (Å²) in [6.07, 6.45) is 8.42. The van der Waals surface area contributed by atoms with Crippen molar-refractivity contribution in [2.45, 2.75) is 18.9 Å². The molecule has 1 aromatic heterocycles. The van der Waals surface area contributed by atoms with Gasteiger partial charge in [0.2, 0.25) is 0 Å². The summed E-state index contributed by atoms with van der Waals surface area (Å²) in [5.41, 5.74) is 0.694. The van der Waals surface area contributed by atoms with Crippen LogP contribution in [0.15, 0.2) is 35.5 Å². The van der Waals surface area contributed by atoms with E-state index in [2.05, 4.69) is 23.0 Å². The predicted molar refractivity (Wildman–Crippen MR) is 58.8 cm³/mol. The zero-order chi connectivity index (χ0) is 10.0. The normalized spacial score (nSPS) is 24.4. The first kappa shape index (κ1) is 9.41. The zero-order valence-corrected chi connectivity index (χ0v) is 8.70. The number of aliphatic imine (C=N–C) groups is 1. The number of pyridine rings is 1. The van der Waals surface area contributed by atoms with Gasteiger partial charge in [-0.25, -0.2) is 0 Å². The van der Waals surface area contributed by atoms with E-state index in [1.807, 2.05) is 24.4 Å². The molecule has 0 aliphatic carbocycles. The molecule has 2 heterocycles. The molecule has 0 radical (unpaired) electrons. The van der Waals surface area contributed by atoms with Crippen molar-refractivity contribution in [2.24, 2.45) is 4.99 Å². The quantitative estimate of drug-likeness (QED) is 0.731.